The number of benzene rings is 1. The molecular weight excluding hydrogens is 270 g/mol. The highest BCUT2D eigenvalue weighted by Gasteiger charge is 2.30. The van der Waals surface area contributed by atoms with Crippen LogP contribution in [0.4, 0.5) is 0 Å². The molecule has 18 heavy (non-hydrogen) atoms. The summed E-state index contributed by atoms with van der Waals surface area (Å²) in [5.41, 5.74) is 0.839. The Bertz CT molecular complexity index is 645. The first-order valence-electron chi connectivity index (χ1n) is 5.72. The number of aromatic amines is 1. The summed E-state index contributed by atoms with van der Waals surface area (Å²) >= 11 is 11.4. The molecule has 0 atom stereocenters. The Hall–Kier alpha value is -1.33. The Morgan fingerprint density at radius 3 is 2.94 bits per heavy atom. The number of methoxy groups -OCH3 is 1. The minimum atomic E-state index is 0.488. The van der Waals surface area contributed by atoms with Crippen LogP contribution in [0.2, 0.25) is 5.02 Å². The predicted molar refractivity (Wildman–Crippen MR) is 72.3 cm³/mol. The van der Waals surface area contributed by atoms with Crippen molar-refractivity contribution in [3.8, 4) is 11.4 Å². The molecule has 0 unspecified atom stereocenters. The number of ether oxygens (including phenoxy) is 1. The lowest BCUT2D eigenvalue weighted by Crippen LogP contribution is -2.02. The fraction of sp³-hybridized carbons (Fsp3) is 0.333. The number of hydrogen-bond acceptors (Lipinski definition) is 3. The second-order valence-corrected chi connectivity index (χ2v) is 5.14. The van der Waals surface area contributed by atoms with Gasteiger partial charge in [-0.05, 0) is 43.3 Å². The highest BCUT2D eigenvalue weighted by Crippen LogP contribution is 2.40. The van der Waals surface area contributed by atoms with E-state index in [2.05, 4.69) is 10.2 Å². The fourth-order valence-electron chi connectivity index (χ4n) is 2.00. The monoisotopic (exact) mass is 281 g/mol. The first-order chi connectivity index (χ1) is 8.70. The molecule has 1 aromatic heterocycles. The topological polar surface area (TPSA) is 42.8 Å². The molecule has 0 radical (unpaired) electrons. The Morgan fingerprint density at radius 1 is 1.50 bits per heavy atom. The fourth-order valence-corrected chi connectivity index (χ4v) is 2.40. The van der Waals surface area contributed by atoms with Gasteiger partial charge in [-0.1, -0.05) is 11.6 Å². The van der Waals surface area contributed by atoms with E-state index < -0.39 is 0 Å². The van der Waals surface area contributed by atoms with E-state index in [-0.39, 0.29) is 0 Å². The first kappa shape index (κ1) is 11.7. The van der Waals surface area contributed by atoms with E-state index in [0.29, 0.717) is 15.7 Å². The van der Waals surface area contributed by atoms with Crippen molar-refractivity contribution in [2.75, 3.05) is 7.11 Å². The molecule has 0 saturated heterocycles. The van der Waals surface area contributed by atoms with Crippen molar-refractivity contribution in [1.29, 1.82) is 0 Å². The summed E-state index contributed by atoms with van der Waals surface area (Å²) in [5, 5.41) is 7.80. The molecule has 1 aromatic carbocycles. The van der Waals surface area contributed by atoms with Crippen LogP contribution in [0, 0.1) is 4.77 Å². The van der Waals surface area contributed by atoms with Crippen LogP contribution in [0.1, 0.15) is 24.6 Å². The molecule has 3 rings (SSSR count). The van der Waals surface area contributed by atoms with Gasteiger partial charge in [-0.2, -0.15) is 5.10 Å². The largest absolute Gasteiger partial charge is 0.495 e. The maximum absolute atomic E-state index is 6.06. The van der Waals surface area contributed by atoms with Gasteiger partial charge in [0, 0.05) is 10.9 Å². The minimum Gasteiger partial charge on any atom is -0.495 e. The van der Waals surface area contributed by atoms with E-state index in [9.17, 15) is 0 Å². The molecule has 1 saturated carbocycles. The molecule has 2 aromatic rings. The molecule has 0 amide bonds. The van der Waals surface area contributed by atoms with Gasteiger partial charge in [-0.15, -0.1) is 0 Å². The molecular formula is C12H12ClN3OS. The second-order valence-electron chi connectivity index (χ2n) is 4.31. The first-order valence-corrected chi connectivity index (χ1v) is 6.50. The molecule has 4 nitrogen and oxygen atoms in total. The van der Waals surface area contributed by atoms with Crippen molar-refractivity contribution >= 4 is 23.8 Å². The minimum absolute atomic E-state index is 0.488. The van der Waals surface area contributed by atoms with Crippen LogP contribution in [0.25, 0.3) is 5.69 Å². The van der Waals surface area contributed by atoms with E-state index >= 15 is 0 Å². The summed E-state index contributed by atoms with van der Waals surface area (Å²) in [7, 11) is 1.63. The SMILES string of the molecule is COc1ccc(Cl)cc1-n1c(C2CC2)n[nH]c1=S. The predicted octanol–water partition coefficient (Wildman–Crippen LogP) is 3.47. The van der Waals surface area contributed by atoms with Gasteiger partial charge in [0.2, 0.25) is 0 Å². The number of halogens is 1. The lowest BCUT2D eigenvalue weighted by atomic mass is 10.2. The third-order valence-electron chi connectivity index (χ3n) is 3.02. The molecule has 0 bridgehead atoms. The maximum Gasteiger partial charge on any atom is 0.200 e. The van der Waals surface area contributed by atoms with E-state index in [1.54, 1.807) is 13.2 Å². The third-order valence-corrected chi connectivity index (χ3v) is 3.53. The Morgan fingerprint density at radius 2 is 2.28 bits per heavy atom. The normalized spacial score (nSPS) is 14.8. The molecule has 0 aliphatic heterocycles. The zero-order valence-corrected chi connectivity index (χ0v) is 11.4. The van der Waals surface area contributed by atoms with Crippen molar-refractivity contribution in [2.24, 2.45) is 0 Å². The average molecular weight is 282 g/mol. The van der Waals surface area contributed by atoms with Gasteiger partial charge >= 0.3 is 0 Å². The van der Waals surface area contributed by atoms with Crippen LogP contribution in [-0.2, 0) is 0 Å². The molecule has 94 valence electrons. The number of nitrogens with one attached hydrogen (secondary N) is 1. The number of nitrogens with zero attached hydrogens (tertiary/aromatic N) is 2. The van der Waals surface area contributed by atoms with Gasteiger partial charge in [0.1, 0.15) is 11.6 Å². The zero-order valence-electron chi connectivity index (χ0n) is 9.81. The molecule has 0 spiro atoms. The van der Waals surface area contributed by atoms with Gasteiger partial charge in [-0.25, -0.2) is 0 Å². The standard InChI is InChI=1S/C12H12ClN3OS/c1-17-10-5-4-8(13)6-9(10)16-11(7-2-3-7)14-15-12(16)18/h4-7H,2-3H2,1H3,(H,15,18). The van der Waals surface area contributed by atoms with E-state index in [1.165, 1.54) is 0 Å². The van der Waals surface area contributed by atoms with E-state index in [1.807, 2.05) is 16.7 Å². The van der Waals surface area contributed by atoms with Crippen LogP contribution in [-0.4, -0.2) is 21.9 Å². The van der Waals surface area contributed by atoms with Crippen molar-refractivity contribution in [2.45, 2.75) is 18.8 Å². The summed E-state index contributed by atoms with van der Waals surface area (Å²) in [5.74, 6) is 2.18. The van der Waals surface area contributed by atoms with Crippen LogP contribution in [0.15, 0.2) is 18.2 Å². The van der Waals surface area contributed by atoms with Gasteiger partial charge in [0.15, 0.2) is 4.77 Å². The Labute approximate surface area is 115 Å². The summed E-state index contributed by atoms with van der Waals surface area (Å²) in [6.07, 6.45) is 2.31. The zero-order chi connectivity index (χ0) is 12.7. The lowest BCUT2D eigenvalue weighted by Gasteiger charge is -2.11. The third kappa shape index (κ3) is 1.93. The van der Waals surface area contributed by atoms with E-state index in [0.717, 1.165) is 30.1 Å². The van der Waals surface area contributed by atoms with Gasteiger partial charge in [0.25, 0.3) is 0 Å². The smallest absolute Gasteiger partial charge is 0.200 e. The highest BCUT2D eigenvalue weighted by molar-refractivity contribution is 7.71. The quantitative estimate of drug-likeness (QED) is 0.876. The van der Waals surface area contributed by atoms with Crippen molar-refractivity contribution < 1.29 is 4.74 Å². The van der Waals surface area contributed by atoms with Gasteiger partial charge < -0.3 is 4.74 Å². The number of rotatable bonds is 3. The molecule has 1 aliphatic carbocycles. The van der Waals surface area contributed by atoms with Crippen LogP contribution in [0.3, 0.4) is 0 Å². The highest BCUT2D eigenvalue weighted by atomic mass is 35.5. The van der Waals surface area contributed by atoms with Crippen molar-refractivity contribution in [3.05, 3.63) is 33.8 Å². The van der Waals surface area contributed by atoms with E-state index in [4.69, 9.17) is 28.6 Å². The summed E-state index contributed by atoms with van der Waals surface area (Å²) < 4.78 is 7.85. The summed E-state index contributed by atoms with van der Waals surface area (Å²) in [6.45, 7) is 0. The number of hydrogen-bond donors (Lipinski definition) is 1. The number of H-pyrrole nitrogens is 1. The van der Waals surface area contributed by atoms with Gasteiger partial charge in [0.05, 0.1) is 12.8 Å². The number of aromatic nitrogens is 3. The summed E-state index contributed by atoms with van der Waals surface area (Å²) in [6, 6.07) is 5.48. The summed E-state index contributed by atoms with van der Waals surface area (Å²) in [4.78, 5) is 0. The molecule has 1 aliphatic rings. The van der Waals surface area contributed by atoms with Crippen LogP contribution < -0.4 is 4.74 Å². The van der Waals surface area contributed by atoms with Crippen molar-refractivity contribution in [3.63, 3.8) is 0 Å². The molecule has 1 N–H and O–H groups in total. The maximum atomic E-state index is 6.06. The Kier molecular flexibility index (Phi) is 2.87. The molecule has 6 heteroatoms. The molecule has 1 fully saturated rings. The second kappa shape index (κ2) is 4.40. The van der Waals surface area contributed by atoms with Gasteiger partial charge in [-0.3, -0.25) is 9.67 Å². The Balaban J connectivity index is 2.22. The van der Waals surface area contributed by atoms with Crippen LogP contribution in [0.5, 0.6) is 5.75 Å². The molecule has 1 heterocycles. The lowest BCUT2D eigenvalue weighted by molar-refractivity contribution is 0.412. The average Bonchev–Trinajstić information content (AvgIpc) is 3.13. The van der Waals surface area contributed by atoms with Crippen molar-refractivity contribution in [1.82, 2.24) is 14.8 Å². The van der Waals surface area contributed by atoms with Crippen LogP contribution >= 0.6 is 23.8 Å².